The first kappa shape index (κ1) is 12.9. The molecule has 0 spiro atoms. The van der Waals surface area contributed by atoms with Gasteiger partial charge in [0.1, 0.15) is 15.0 Å². The Hall–Kier alpha value is -1.09. The molecular formula is C11H10ClIN4O2. The predicted octanol–water partition coefficient (Wildman–Crippen LogP) is 2.45. The van der Waals surface area contributed by atoms with Gasteiger partial charge in [-0.3, -0.25) is 4.40 Å². The van der Waals surface area contributed by atoms with Gasteiger partial charge in [-0.15, -0.1) is 0 Å². The van der Waals surface area contributed by atoms with E-state index in [9.17, 15) is 4.79 Å². The fourth-order valence-electron chi connectivity index (χ4n) is 2.42. The van der Waals surface area contributed by atoms with Crippen LogP contribution in [0.1, 0.15) is 18.2 Å². The first-order valence-corrected chi connectivity index (χ1v) is 7.19. The summed E-state index contributed by atoms with van der Waals surface area (Å²) in [6.07, 6.45) is 3.34. The van der Waals surface area contributed by atoms with E-state index >= 15 is 0 Å². The summed E-state index contributed by atoms with van der Waals surface area (Å²) in [4.78, 5) is 21.0. The van der Waals surface area contributed by atoms with Crippen molar-refractivity contribution in [2.24, 2.45) is 0 Å². The Morgan fingerprint density at radius 1 is 1.58 bits per heavy atom. The van der Waals surface area contributed by atoms with E-state index in [0.717, 1.165) is 21.5 Å². The molecule has 1 saturated heterocycles. The maximum Gasteiger partial charge on any atom is 0.407 e. The second-order valence-electron chi connectivity index (χ2n) is 4.41. The van der Waals surface area contributed by atoms with Crippen LogP contribution in [0.25, 0.3) is 5.52 Å². The Morgan fingerprint density at radius 2 is 2.37 bits per heavy atom. The average Bonchev–Trinajstić information content (AvgIpc) is 2.95. The van der Waals surface area contributed by atoms with Gasteiger partial charge in [0.05, 0.1) is 0 Å². The van der Waals surface area contributed by atoms with Gasteiger partial charge in [-0.05, 0) is 29.0 Å². The van der Waals surface area contributed by atoms with Crippen LogP contribution in [0.15, 0.2) is 12.4 Å². The Labute approximate surface area is 127 Å². The van der Waals surface area contributed by atoms with Gasteiger partial charge in [0.2, 0.25) is 0 Å². The molecule has 6 nitrogen and oxygen atoms in total. The van der Waals surface area contributed by atoms with Crippen molar-refractivity contribution >= 4 is 45.8 Å². The highest BCUT2D eigenvalue weighted by atomic mass is 127. The van der Waals surface area contributed by atoms with E-state index in [2.05, 4.69) is 32.6 Å². The molecule has 3 rings (SSSR count). The molecule has 1 N–H and O–H groups in total. The number of halogens is 2. The van der Waals surface area contributed by atoms with Crippen molar-refractivity contribution in [2.75, 3.05) is 13.1 Å². The van der Waals surface area contributed by atoms with Crippen molar-refractivity contribution in [3.63, 3.8) is 0 Å². The topological polar surface area (TPSA) is 70.7 Å². The number of aromatic nitrogens is 3. The van der Waals surface area contributed by atoms with Crippen LogP contribution in [-0.2, 0) is 0 Å². The Kier molecular flexibility index (Phi) is 3.25. The summed E-state index contributed by atoms with van der Waals surface area (Å²) in [5.41, 5.74) is 0.786. The van der Waals surface area contributed by atoms with Gasteiger partial charge in [0, 0.05) is 31.4 Å². The number of carbonyl (C=O) groups is 1. The van der Waals surface area contributed by atoms with Crippen LogP contribution < -0.4 is 0 Å². The molecule has 1 unspecified atom stereocenters. The van der Waals surface area contributed by atoms with Crippen LogP contribution in [0.4, 0.5) is 4.79 Å². The highest BCUT2D eigenvalue weighted by Crippen LogP contribution is 2.30. The fraction of sp³-hybridized carbons (Fsp3) is 0.364. The molecule has 0 aliphatic carbocycles. The number of imidazole rings is 1. The van der Waals surface area contributed by atoms with E-state index in [0.29, 0.717) is 18.2 Å². The second kappa shape index (κ2) is 4.78. The first-order chi connectivity index (χ1) is 9.08. The zero-order chi connectivity index (χ0) is 13.6. The van der Waals surface area contributed by atoms with Crippen molar-refractivity contribution in [1.82, 2.24) is 19.3 Å². The third kappa shape index (κ3) is 2.14. The maximum atomic E-state index is 11.0. The second-order valence-corrected chi connectivity index (χ2v) is 5.79. The highest BCUT2D eigenvalue weighted by Gasteiger charge is 2.30. The molecule has 1 amide bonds. The minimum atomic E-state index is -0.877. The normalized spacial score (nSPS) is 19.3. The van der Waals surface area contributed by atoms with E-state index in [-0.39, 0.29) is 5.92 Å². The van der Waals surface area contributed by atoms with Crippen LogP contribution in [0.2, 0.25) is 5.15 Å². The number of nitrogens with zero attached hydrogens (tertiary/aromatic N) is 4. The number of likely N-dealkylation sites (tertiary alicyclic amines) is 1. The van der Waals surface area contributed by atoms with Gasteiger partial charge in [-0.2, -0.15) is 0 Å². The first-order valence-electron chi connectivity index (χ1n) is 5.73. The largest absolute Gasteiger partial charge is 0.465 e. The number of hydrogen-bond donors (Lipinski definition) is 1. The van der Waals surface area contributed by atoms with E-state index in [1.165, 1.54) is 4.90 Å². The van der Waals surface area contributed by atoms with Crippen molar-refractivity contribution in [3.05, 3.63) is 27.1 Å². The summed E-state index contributed by atoms with van der Waals surface area (Å²) in [6.45, 7) is 1.02. The standard InChI is InChI=1S/C11H10ClIN4O2/c12-8-7-9(13)15-10(17(7)4-2-14-8)6-1-3-16(5-6)11(18)19/h2,4,6H,1,3,5H2,(H,18,19). The lowest BCUT2D eigenvalue weighted by atomic mass is 10.1. The number of amides is 1. The molecule has 1 aliphatic rings. The van der Waals surface area contributed by atoms with Gasteiger partial charge in [0.15, 0.2) is 5.15 Å². The molecule has 8 heteroatoms. The molecular weight excluding hydrogens is 383 g/mol. The van der Waals surface area contributed by atoms with Crippen molar-refractivity contribution in [3.8, 4) is 0 Å². The third-order valence-electron chi connectivity index (χ3n) is 3.32. The summed E-state index contributed by atoms with van der Waals surface area (Å²) in [5, 5.41) is 9.42. The smallest absolute Gasteiger partial charge is 0.407 e. The van der Waals surface area contributed by atoms with Gasteiger partial charge in [0.25, 0.3) is 0 Å². The minimum absolute atomic E-state index is 0.102. The zero-order valence-corrected chi connectivity index (χ0v) is 12.7. The molecule has 0 radical (unpaired) electrons. The molecule has 1 fully saturated rings. The lowest BCUT2D eigenvalue weighted by molar-refractivity contribution is 0.155. The molecule has 1 aliphatic heterocycles. The van der Waals surface area contributed by atoms with Crippen LogP contribution >= 0.6 is 34.2 Å². The molecule has 2 aromatic rings. The molecule has 3 heterocycles. The van der Waals surface area contributed by atoms with Gasteiger partial charge in [-0.25, -0.2) is 14.8 Å². The quantitative estimate of drug-likeness (QED) is 0.757. The van der Waals surface area contributed by atoms with Gasteiger partial charge >= 0.3 is 6.09 Å². The number of fused-ring (bicyclic) bond motifs is 1. The fourth-order valence-corrected chi connectivity index (χ4v) is 3.57. The predicted molar refractivity (Wildman–Crippen MR) is 77.7 cm³/mol. The van der Waals surface area contributed by atoms with E-state index < -0.39 is 6.09 Å². The number of rotatable bonds is 1. The van der Waals surface area contributed by atoms with Gasteiger partial charge < -0.3 is 10.0 Å². The minimum Gasteiger partial charge on any atom is -0.465 e. The molecule has 0 aromatic carbocycles. The Bertz CT molecular complexity index is 659. The molecule has 19 heavy (non-hydrogen) atoms. The average molecular weight is 393 g/mol. The van der Waals surface area contributed by atoms with Crippen molar-refractivity contribution < 1.29 is 9.90 Å². The lowest BCUT2D eigenvalue weighted by Gasteiger charge is -2.11. The molecule has 2 aromatic heterocycles. The maximum absolute atomic E-state index is 11.0. The Morgan fingerprint density at radius 3 is 3.05 bits per heavy atom. The summed E-state index contributed by atoms with van der Waals surface area (Å²) >= 11 is 8.20. The monoisotopic (exact) mass is 392 g/mol. The lowest BCUT2D eigenvalue weighted by Crippen LogP contribution is -2.26. The van der Waals surface area contributed by atoms with Crippen molar-refractivity contribution in [1.29, 1.82) is 0 Å². The summed E-state index contributed by atoms with van der Waals surface area (Å²) in [7, 11) is 0. The van der Waals surface area contributed by atoms with Crippen LogP contribution in [0.3, 0.4) is 0 Å². The van der Waals surface area contributed by atoms with Crippen LogP contribution in [0.5, 0.6) is 0 Å². The van der Waals surface area contributed by atoms with Crippen molar-refractivity contribution in [2.45, 2.75) is 12.3 Å². The third-order valence-corrected chi connectivity index (χ3v) is 4.35. The summed E-state index contributed by atoms with van der Waals surface area (Å²) in [5.74, 6) is 0.957. The van der Waals surface area contributed by atoms with Crippen LogP contribution in [0, 0.1) is 3.70 Å². The highest BCUT2D eigenvalue weighted by molar-refractivity contribution is 14.1. The molecule has 0 saturated carbocycles. The number of hydrogen-bond acceptors (Lipinski definition) is 3. The van der Waals surface area contributed by atoms with Gasteiger partial charge in [-0.1, -0.05) is 11.6 Å². The van der Waals surface area contributed by atoms with E-state index in [4.69, 9.17) is 16.7 Å². The van der Waals surface area contributed by atoms with E-state index in [1.807, 2.05) is 10.6 Å². The molecule has 1 atom stereocenters. The number of carboxylic acid groups (broad SMARTS) is 1. The van der Waals surface area contributed by atoms with Crippen LogP contribution in [-0.4, -0.2) is 43.6 Å². The molecule has 0 bridgehead atoms. The molecule has 100 valence electrons. The SMILES string of the molecule is O=C(O)N1CCC(c2nc(I)c3c(Cl)nccn23)C1. The Balaban J connectivity index is 2.03. The summed E-state index contributed by atoms with van der Waals surface area (Å²) in [6, 6.07) is 0. The summed E-state index contributed by atoms with van der Waals surface area (Å²) < 4.78 is 2.70. The van der Waals surface area contributed by atoms with E-state index in [1.54, 1.807) is 6.20 Å². The zero-order valence-electron chi connectivity index (χ0n) is 9.75.